The number of non-ortho nitro benzene ring substituents is 1. The summed E-state index contributed by atoms with van der Waals surface area (Å²) in [4.78, 5) is 10.2. The van der Waals surface area contributed by atoms with Gasteiger partial charge in [0.25, 0.3) is 5.69 Å². The first-order chi connectivity index (χ1) is 7.24. The second-order valence-corrected chi connectivity index (χ2v) is 3.53. The molecule has 1 rings (SSSR count). The predicted molar refractivity (Wildman–Crippen MR) is 59.6 cm³/mol. The molecular weight excluding hydrogens is 190 g/mol. The highest BCUT2D eigenvalue weighted by molar-refractivity contribution is 5.34. The highest BCUT2D eigenvalue weighted by Gasteiger charge is 2.04. The zero-order chi connectivity index (χ0) is 11.1. The van der Waals surface area contributed by atoms with Crippen molar-refractivity contribution in [3.8, 4) is 0 Å². The van der Waals surface area contributed by atoms with Gasteiger partial charge in [-0.3, -0.25) is 10.1 Å². The normalized spacial score (nSPS) is 10.2. The highest BCUT2D eigenvalue weighted by Crippen LogP contribution is 2.15. The Morgan fingerprint density at radius 1 is 1.27 bits per heavy atom. The maximum atomic E-state index is 10.5. The van der Waals surface area contributed by atoms with E-state index in [0.717, 1.165) is 37.7 Å². The molecule has 3 heteroatoms. The number of nitro benzene ring substituents is 1. The first-order valence-electron chi connectivity index (χ1n) is 5.17. The molecule has 0 saturated carbocycles. The van der Waals surface area contributed by atoms with Crippen molar-refractivity contribution in [1.29, 1.82) is 0 Å². The van der Waals surface area contributed by atoms with Crippen LogP contribution in [-0.4, -0.2) is 4.92 Å². The summed E-state index contributed by atoms with van der Waals surface area (Å²) < 4.78 is 0. The van der Waals surface area contributed by atoms with E-state index in [4.69, 9.17) is 6.92 Å². The third-order valence-electron chi connectivity index (χ3n) is 2.29. The Morgan fingerprint density at radius 2 is 2.07 bits per heavy atom. The van der Waals surface area contributed by atoms with Gasteiger partial charge in [-0.25, -0.2) is 0 Å². The van der Waals surface area contributed by atoms with E-state index in [-0.39, 0.29) is 10.6 Å². The summed E-state index contributed by atoms with van der Waals surface area (Å²) in [5, 5.41) is 10.5. The van der Waals surface area contributed by atoms with Crippen molar-refractivity contribution in [3.63, 3.8) is 0 Å². The first kappa shape index (κ1) is 11.7. The van der Waals surface area contributed by atoms with Crippen LogP contribution in [0.4, 0.5) is 5.69 Å². The van der Waals surface area contributed by atoms with Gasteiger partial charge in [-0.2, -0.15) is 0 Å². The molecular formula is C12H15NO2. The molecule has 80 valence electrons. The van der Waals surface area contributed by atoms with Crippen molar-refractivity contribution < 1.29 is 4.92 Å². The number of nitrogens with zero attached hydrogens (tertiary/aromatic N) is 1. The van der Waals surface area contributed by atoms with E-state index in [0.29, 0.717) is 0 Å². The molecule has 0 aliphatic carbocycles. The summed E-state index contributed by atoms with van der Waals surface area (Å²) in [5.74, 6) is 0. The minimum Gasteiger partial charge on any atom is -0.258 e. The quantitative estimate of drug-likeness (QED) is 0.406. The van der Waals surface area contributed by atoms with Crippen LogP contribution in [0.1, 0.15) is 31.2 Å². The minimum atomic E-state index is -0.358. The van der Waals surface area contributed by atoms with E-state index in [9.17, 15) is 10.1 Å². The number of benzene rings is 1. The lowest BCUT2D eigenvalue weighted by Gasteiger charge is -2.00. The maximum absolute atomic E-state index is 10.5. The number of nitro groups is 1. The molecule has 0 fully saturated rings. The molecule has 2 radical (unpaired) electrons. The fraction of sp³-hybridized carbons (Fsp3) is 0.417. The van der Waals surface area contributed by atoms with Crippen LogP contribution in [0.25, 0.3) is 0 Å². The van der Waals surface area contributed by atoms with E-state index in [1.54, 1.807) is 12.1 Å². The van der Waals surface area contributed by atoms with Gasteiger partial charge in [0, 0.05) is 12.1 Å². The predicted octanol–water partition coefficient (Wildman–Crippen LogP) is 3.41. The van der Waals surface area contributed by atoms with Gasteiger partial charge in [-0.05, 0) is 31.7 Å². The molecule has 0 aromatic heterocycles. The van der Waals surface area contributed by atoms with E-state index < -0.39 is 0 Å². The molecule has 0 aliphatic rings. The zero-order valence-electron chi connectivity index (χ0n) is 8.69. The van der Waals surface area contributed by atoms with Crippen LogP contribution in [0.5, 0.6) is 0 Å². The summed E-state index contributed by atoms with van der Waals surface area (Å²) in [5.41, 5.74) is 1.20. The van der Waals surface area contributed by atoms with Gasteiger partial charge in [-0.1, -0.05) is 25.0 Å². The largest absolute Gasteiger partial charge is 0.269 e. The summed E-state index contributed by atoms with van der Waals surface area (Å²) in [7, 11) is 0. The fourth-order valence-corrected chi connectivity index (χ4v) is 1.48. The molecule has 0 aliphatic heterocycles. The zero-order valence-corrected chi connectivity index (χ0v) is 8.69. The lowest BCUT2D eigenvalue weighted by atomic mass is 10.1. The van der Waals surface area contributed by atoms with Gasteiger partial charge in [-0.15, -0.1) is 0 Å². The highest BCUT2D eigenvalue weighted by atomic mass is 16.6. The Balaban J connectivity index is 2.47. The monoisotopic (exact) mass is 205 g/mol. The van der Waals surface area contributed by atoms with Crippen LogP contribution >= 0.6 is 0 Å². The molecule has 15 heavy (non-hydrogen) atoms. The van der Waals surface area contributed by atoms with E-state index in [2.05, 4.69) is 0 Å². The SMILES string of the molecule is [CH]CCCCCc1cccc([N+](=O)[O-])c1. The molecule has 0 bridgehead atoms. The minimum absolute atomic E-state index is 0.173. The van der Waals surface area contributed by atoms with E-state index in [1.807, 2.05) is 6.07 Å². The number of hydrogen-bond acceptors (Lipinski definition) is 2. The number of hydrogen-bond donors (Lipinski definition) is 0. The Bertz CT molecular complexity index is 323. The van der Waals surface area contributed by atoms with Gasteiger partial charge in [0.2, 0.25) is 0 Å². The van der Waals surface area contributed by atoms with Crippen LogP contribution in [0.2, 0.25) is 0 Å². The fourth-order valence-electron chi connectivity index (χ4n) is 1.48. The Kier molecular flexibility index (Phi) is 4.81. The van der Waals surface area contributed by atoms with Crippen LogP contribution in [0.15, 0.2) is 24.3 Å². The summed E-state index contributed by atoms with van der Waals surface area (Å²) in [6.07, 6.45) is 4.75. The van der Waals surface area contributed by atoms with Gasteiger partial charge < -0.3 is 0 Å². The average molecular weight is 205 g/mol. The lowest BCUT2D eigenvalue weighted by Crippen LogP contribution is -1.91. The summed E-state index contributed by atoms with van der Waals surface area (Å²) in [6, 6.07) is 6.82. The summed E-state index contributed by atoms with van der Waals surface area (Å²) in [6.45, 7) is 5.38. The molecule has 0 saturated heterocycles. The molecule has 1 aromatic rings. The van der Waals surface area contributed by atoms with E-state index >= 15 is 0 Å². The van der Waals surface area contributed by atoms with Crippen LogP contribution < -0.4 is 0 Å². The molecule has 3 nitrogen and oxygen atoms in total. The molecule has 0 N–H and O–H groups in total. The average Bonchev–Trinajstić information content (AvgIpc) is 2.25. The Morgan fingerprint density at radius 3 is 2.73 bits per heavy atom. The van der Waals surface area contributed by atoms with Crippen LogP contribution in [0, 0.1) is 17.0 Å². The van der Waals surface area contributed by atoms with Crippen LogP contribution in [0.3, 0.4) is 0 Å². The lowest BCUT2D eigenvalue weighted by molar-refractivity contribution is -0.384. The van der Waals surface area contributed by atoms with Gasteiger partial charge in [0.05, 0.1) is 4.92 Å². The number of rotatable bonds is 6. The maximum Gasteiger partial charge on any atom is 0.269 e. The summed E-state index contributed by atoms with van der Waals surface area (Å²) >= 11 is 0. The van der Waals surface area contributed by atoms with Gasteiger partial charge in [0.15, 0.2) is 0 Å². The van der Waals surface area contributed by atoms with Crippen molar-refractivity contribution in [1.82, 2.24) is 0 Å². The van der Waals surface area contributed by atoms with Crippen molar-refractivity contribution in [2.75, 3.05) is 0 Å². The van der Waals surface area contributed by atoms with Crippen molar-refractivity contribution in [2.24, 2.45) is 0 Å². The molecule has 0 spiro atoms. The Labute approximate surface area is 90.3 Å². The molecule has 0 unspecified atom stereocenters. The van der Waals surface area contributed by atoms with Crippen LogP contribution in [-0.2, 0) is 6.42 Å². The second kappa shape index (κ2) is 6.17. The second-order valence-electron chi connectivity index (χ2n) is 3.53. The third-order valence-corrected chi connectivity index (χ3v) is 2.29. The number of aryl methyl sites for hydroxylation is 1. The van der Waals surface area contributed by atoms with Gasteiger partial charge in [0.1, 0.15) is 0 Å². The molecule has 1 aromatic carbocycles. The Hall–Kier alpha value is -1.38. The third kappa shape index (κ3) is 4.11. The van der Waals surface area contributed by atoms with Gasteiger partial charge >= 0.3 is 0 Å². The molecule has 0 atom stereocenters. The van der Waals surface area contributed by atoms with Crippen molar-refractivity contribution in [2.45, 2.75) is 32.1 Å². The molecule has 0 amide bonds. The first-order valence-corrected chi connectivity index (χ1v) is 5.17. The smallest absolute Gasteiger partial charge is 0.258 e. The standard InChI is InChI=1S/C12H15NO2/c1-2-3-4-5-7-11-8-6-9-12(10-11)13(14)15/h1,6,8-10H,2-5,7H2. The number of unbranched alkanes of at least 4 members (excludes halogenated alkanes) is 3. The van der Waals surface area contributed by atoms with Crippen molar-refractivity contribution in [3.05, 3.63) is 46.9 Å². The topological polar surface area (TPSA) is 43.1 Å². The van der Waals surface area contributed by atoms with Crippen molar-refractivity contribution >= 4 is 5.69 Å². The molecule has 0 heterocycles. The van der Waals surface area contributed by atoms with E-state index in [1.165, 1.54) is 6.07 Å².